The number of amides is 2. The summed E-state index contributed by atoms with van der Waals surface area (Å²) in [7, 11) is 0. The molecule has 140 valence electrons. The fraction of sp³-hybridized carbons (Fsp3) is 0.136. The third kappa shape index (κ3) is 3.20. The van der Waals surface area contributed by atoms with Crippen LogP contribution in [0.5, 0.6) is 0 Å². The predicted molar refractivity (Wildman–Crippen MR) is 99.6 cm³/mol. The molecule has 0 bridgehead atoms. The van der Waals surface area contributed by atoms with Crippen LogP contribution < -0.4 is 0 Å². The van der Waals surface area contributed by atoms with Gasteiger partial charge in [-0.15, -0.1) is 0 Å². The average molecular weight is 375 g/mol. The van der Waals surface area contributed by atoms with Crippen LogP contribution in [0.15, 0.2) is 71.3 Å². The van der Waals surface area contributed by atoms with Crippen molar-refractivity contribution in [3.8, 4) is 0 Å². The van der Waals surface area contributed by atoms with Crippen LogP contribution in [-0.4, -0.2) is 22.7 Å². The first-order valence-electron chi connectivity index (χ1n) is 8.83. The fourth-order valence-corrected chi connectivity index (χ4v) is 3.14. The lowest BCUT2D eigenvalue weighted by Gasteiger charge is -2.13. The van der Waals surface area contributed by atoms with Gasteiger partial charge in [-0.05, 0) is 42.8 Å². The number of ether oxygens (including phenoxy) is 1. The molecular formula is C22H17NO5. The number of esters is 1. The Morgan fingerprint density at radius 3 is 2.46 bits per heavy atom. The molecule has 1 aromatic heterocycles. The summed E-state index contributed by atoms with van der Waals surface area (Å²) < 4.78 is 10.7. The number of nitrogens with zero attached hydrogens (tertiary/aromatic N) is 1. The lowest BCUT2D eigenvalue weighted by atomic mass is 10.1. The molecule has 2 amide bonds. The van der Waals surface area contributed by atoms with Gasteiger partial charge in [0.05, 0.1) is 29.5 Å². The third-order valence-corrected chi connectivity index (χ3v) is 4.65. The molecule has 3 aromatic rings. The standard InChI is InChI=1S/C22H17NO5/c1-14(15-6-3-2-4-7-15)28-22(26)16-9-10-18-19(12-16)21(25)23(20(18)24)13-17-8-5-11-27-17/h2-12,14H,13H2,1H3/t14-/m1/s1. The molecular weight excluding hydrogens is 358 g/mol. The molecule has 1 atom stereocenters. The van der Waals surface area contributed by atoms with Gasteiger partial charge in [0.1, 0.15) is 11.9 Å². The maximum atomic E-state index is 12.7. The molecule has 1 aliphatic heterocycles. The number of rotatable bonds is 5. The number of hydrogen-bond acceptors (Lipinski definition) is 5. The molecule has 0 saturated carbocycles. The molecule has 2 heterocycles. The molecule has 0 unspecified atom stereocenters. The SMILES string of the molecule is C[C@@H](OC(=O)c1ccc2c(c1)C(=O)N(Cc1ccco1)C2=O)c1ccccc1. The number of fused-ring (bicyclic) bond motifs is 1. The van der Waals surface area contributed by atoms with Crippen molar-refractivity contribution in [1.29, 1.82) is 0 Å². The summed E-state index contributed by atoms with van der Waals surface area (Å²) in [5.41, 5.74) is 1.55. The molecule has 0 N–H and O–H groups in total. The van der Waals surface area contributed by atoms with Gasteiger partial charge in [0.15, 0.2) is 0 Å². The Balaban J connectivity index is 1.53. The molecule has 0 aliphatic carbocycles. The van der Waals surface area contributed by atoms with Gasteiger partial charge >= 0.3 is 5.97 Å². The van der Waals surface area contributed by atoms with Gasteiger partial charge in [0, 0.05) is 0 Å². The van der Waals surface area contributed by atoms with E-state index in [1.807, 2.05) is 30.3 Å². The van der Waals surface area contributed by atoms with E-state index >= 15 is 0 Å². The highest BCUT2D eigenvalue weighted by Gasteiger charge is 2.36. The van der Waals surface area contributed by atoms with Crippen molar-refractivity contribution >= 4 is 17.8 Å². The monoisotopic (exact) mass is 375 g/mol. The topological polar surface area (TPSA) is 76.8 Å². The third-order valence-electron chi connectivity index (χ3n) is 4.65. The Kier molecular flexibility index (Phi) is 4.53. The number of benzene rings is 2. The Labute approximate surface area is 161 Å². The van der Waals surface area contributed by atoms with Gasteiger partial charge in [0.25, 0.3) is 11.8 Å². The second-order valence-corrected chi connectivity index (χ2v) is 6.49. The summed E-state index contributed by atoms with van der Waals surface area (Å²) in [5, 5.41) is 0. The first-order valence-corrected chi connectivity index (χ1v) is 8.83. The van der Waals surface area contributed by atoms with Gasteiger partial charge in [-0.3, -0.25) is 14.5 Å². The highest BCUT2D eigenvalue weighted by Crippen LogP contribution is 2.27. The Hall–Kier alpha value is -3.67. The van der Waals surface area contributed by atoms with E-state index < -0.39 is 23.9 Å². The van der Waals surface area contributed by atoms with Crippen molar-refractivity contribution in [1.82, 2.24) is 4.90 Å². The maximum absolute atomic E-state index is 12.7. The molecule has 6 nitrogen and oxygen atoms in total. The average Bonchev–Trinajstić information content (AvgIpc) is 3.31. The number of hydrogen-bond donors (Lipinski definition) is 0. The summed E-state index contributed by atoms with van der Waals surface area (Å²) in [6.45, 7) is 1.82. The van der Waals surface area contributed by atoms with Crippen molar-refractivity contribution in [3.05, 3.63) is 94.9 Å². The Morgan fingerprint density at radius 2 is 1.75 bits per heavy atom. The zero-order valence-electron chi connectivity index (χ0n) is 15.1. The van der Waals surface area contributed by atoms with Gasteiger partial charge in [-0.1, -0.05) is 30.3 Å². The second-order valence-electron chi connectivity index (χ2n) is 6.49. The zero-order valence-corrected chi connectivity index (χ0v) is 15.1. The quantitative estimate of drug-likeness (QED) is 0.498. The number of carbonyl (C=O) groups is 3. The lowest BCUT2D eigenvalue weighted by Crippen LogP contribution is -2.28. The van der Waals surface area contributed by atoms with E-state index in [2.05, 4.69) is 0 Å². The number of imide groups is 1. The second kappa shape index (κ2) is 7.15. The molecule has 6 heteroatoms. The molecule has 0 radical (unpaired) electrons. The molecule has 1 aliphatic rings. The van der Waals surface area contributed by atoms with Gasteiger partial charge in [-0.25, -0.2) is 4.79 Å². The van der Waals surface area contributed by atoms with Crippen molar-refractivity contribution in [2.24, 2.45) is 0 Å². The van der Waals surface area contributed by atoms with Crippen LogP contribution in [0.25, 0.3) is 0 Å². The Morgan fingerprint density at radius 1 is 1.00 bits per heavy atom. The molecule has 0 saturated heterocycles. The Bertz CT molecular complexity index is 1040. The highest BCUT2D eigenvalue weighted by molar-refractivity contribution is 6.21. The molecule has 2 aromatic carbocycles. The summed E-state index contributed by atoms with van der Waals surface area (Å²) in [5.74, 6) is -0.911. The minimum Gasteiger partial charge on any atom is -0.467 e. The van der Waals surface area contributed by atoms with Crippen LogP contribution >= 0.6 is 0 Å². The van der Waals surface area contributed by atoms with Gasteiger partial charge < -0.3 is 9.15 Å². The minimum absolute atomic E-state index is 0.0458. The van der Waals surface area contributed by atoms with Crippen LogP contribution in [0.4, 0.5) is 0 Å². The lowest BCUT2D eigenvalue weighted by molar-refractivity contribution is 0.0337. The molecule has 28 heavy (non-hydrogen) atoms. The van der Waals surface area contributed by atoms with Crippen molar-refractivity contribution in [2.45, 2.75) is 19.6 Å². The first kappa shape index (κ1) is 17.7. The van der Waals surface area contributed by atoms with Crippen LogP contribution in [0.3, 0.4) is 0 Å². The van der Waals surface area contributed by atoms with Crippen LogP contribution in [0, 0.1) is 0 Å². The summed E-state index contributed by atoms with van der Waals surface area (Å²) >= 11 is 0. The summed E-state index contributed by atoms with van der Waals surface area (Å²) in [6.07, 6.45) is 1.05. The van der Waals surface area contributed by atoms with Crippen LogP contribution in [-0.2, 0) is 11.3 Å². The van der Waals surface area contributed by atoms with Crippen molar-refractivity contribution in [2.75, 3.05) is 0 Å². The van der Waals surface area contributed by atoms with Crippen LogP contribution in [0.1, 0.15) is 55.4 Å². The smallest absolute Gasteiger partial charge is 0.338 e. The van der Waals surface area contributed by atoms with Crippen LogP contribution in [0.2, 0.25) is 0 Å². The van der Waals surface area contributed by atoms with Crippen molar-refractivity contribution in [3.63, 3.8) is 0 Å². The zero-order chi connectivity index (χ0) is 19.7. The van der Waals surface area contributed by atoms with E-state index in [4.69, 9.17) is 9.15 Å². The number of carbonyl (C=O) groups excluding carboxylic acids is 3. The van der Waals surface area contributed by atoms with Crippen molar-refractivity contribution < 1.29 is 23.5 Å². The van der Waals surface area contributed by atoms with Gasteiger partial charge in [-0.2, -0.15) is 0 Å². The highest BCUT2D eigenvalue weighted by atomic mass is 16.5. The largest absolute Gasteiger partial charge is 0.467 e. The fourth-order valence-electron chi connectivity index (χ4n) is 3.14. The van der Waals surface area contributed by atoms with E-state index in [9.17, 15) is 14.4 Å². The molecule has 4 rings (SSSR count). The minimum atomic E-state index is -0.552. The normalized spacial score (nSPS) is 14.1. The molecule has 0 fully saturated rings. The van der Waals surface area contributed by atoms with E-state index in [0.29, 0.717) is 5.76 Å². The summed E-state index contributed by atoms with van der Waals surface area (Å²) in [4.78, 5) is 38.8. The van der Waals surface area contributed by atoms with E-state index in [0.717, 1.165) is 10.5 Å². The summed E-state index contributed by atoms with van der Waals surface area (Å²) in [6, 6.07) is 17.1. The number of furan rings is 1. The van der Waals surface area contributed by atoms with Gasteiger partial charge in [0.2, 0.25) is 0 Å². The first-order chi connectivity index (χ1) is 13.5. The van der Waals surface area contributed by atoms with E-state index in [-0.39, 0.29) is 23.2 Å². The predicted octanol–water partition coefficient (Wildman–Crippen LogP) is 3.99. The van der Waals surface area contributed by atoms with E-state index in [1.54, 1.807) is 19.1 Å². The molecule has 0 spiro atoms. The van der Waals surface area contributed by atoms with E-state index in [1.165, 1.54) is 24.5 Å². The maximum Gasteiger partial charge on any atom is 0.338 e.